The predicted octanol–water partition coefficient (Wildman–Crippen LogP) is 0.777. The summed E-state index contributed by atoms with van der Waals surface area (Å²) in [6.07, 6.45) is 2.45. The van der Waals surface area contributed by atoms with Crippen molar-refractivity contribution in [3.8, 4) is 0 Å². The molecule has 1 fully saturated rings. The molecule has 0 aliphatic carbocycles. The molecule has 0 spiro atoms. The van der Waals surface area contributed by atoms with E-state index < -0.39 is 21.2 Å². The van der Waals surface area contributed by atoms with Gasteiger partial charge in [0.05, 0.1) is 12.2 Å². The quantitative estimate of drug-likeness (QED) is 0.883. The van der Waals surface area contributed by atoms with Crippen LogP contribution in [-0.2, 0) is 21.8 Å². The fourth-order valence-electron chi connectivity index (χ4n) is 2.82. The van der Waals surface area contributed by atoms with Crippen LogP contribution in [0.5, 0.6) is 0 Å². The summed E-state index contributed by atoms with van der Waals surface area (Å²) >= 11 is 0. The van der Waals surface area contributed by atoms with Gasteiger partial charge in [-0.2, -0.15) is 0 Å². The lowest BCUT2D eigenvalue weighted by molar-refractivity contribution is 0.0953. The third-order valence-corrected chi connectivity index (χ3v) is 5.85. The number of ether oxygens (including phenoxy) is 1. The summed E-state index contributed by atoms with van der Waals surface area (Å²) in [5, 5.41) is 0.0493. The average molecular weight is 350 g/mol. The van der Waals surface area contributed by atoms with Crippen LogP contribution < -0.4 is 10.3 Å². The van der Waals surface area contributed by atoms with Gasteiger partial charge in [-0.05, 0) is 18.9 Å². The maximum absolute atomic E-state index is 12.5. The molecule has 2 aromatic rings. The van der Waals surface area contributed by atoms with Gasteiger partial charge in [0.1, 0.15) is 5.25 Å². The Labute approximate surface area is 139 Å². The highest BCUT2D eigenvalue weighted by atomic mass is 32.2. The fourth-order valence-corrected chi connectivity index (χ4v) is 4.11. The minimum atomic E-state index is -3.83. The van der Waals surface area contributed by atoms with Crippen molar-refractivity contribution in [2.45, 2.75) is 18.1 Å². The number of benzene rings is 1. The van der Waals surface area contributed by atoms with E-state index in [2.05, 4.69) is 4.72 Å². The Morgan fingerprint density at radius 3 is 2.67 bits per heavy atom. The van der Waals surface area contributed by atoms with Gasteiger partial charge >= 0.3 is 0 Å². The first kappa shape index (κ1) is 16.7. The van der Waals surface area contributed by atoms with E-state index in [1.165, 1.54) is 17.8 Å². The Morgan fingerprint density at radius 1 is 1.29 bits per heavy atom. The zero-order chi connectivity index (χ0) is 17.3. The molecule has 1 aliphatic heterocycles. The van der Waals surface area contributed by atoms with Gasteiger partial charge in [-0.1, -0.05) is 18.2 Å². The number of amides is 1. The van der Waals surface area contributed by atoms with Crippen molar-refractivity contribution in [1.82, 2.24) is 9.29 Å². The van der Waals surface area contributed by atoms with Gasteiger partial charge in [0.15, 0.2) is 0 Å². The molecule has 1 aliphatic rings. The summed E-state index contributed by atoms with van der Waals surface area (Å²) in [6.45, 7) is 0.613. The van der Waals surface area contributed by atoms with Crippen molar-refractivity contribution >= 4 is 26.7 Å². The summed E-state index contributed by atoms with van der Waals surface area (Å²) in [5.41, 5.74) is -0.0984. The Bertz CT molecular complexity index is 943. The predicted molar refractivity (Wildman–Crippen MR) is 89.4 cm³/mol. The molecule has 0 bridgehead atoms. The van der Waals surface area contributed by atoms with Crippen molar-refractivity contribution in [3.05, 3.63) is 46.4 Å². The van der Waals surface area contributed by atoms with E-state index in [4.69, 9.17) is 4.74 Å². The van der Waals surface area contributed by atoms with Crippen molar-refractivity contribution in [3.63, 3.8) is 0 Å². The molecule has 1 amide bonds. The van der Waals surface area contributed by atoms with Gasteiger partial charge in [-0.3, -0.25) is 9.59 Å². The average Bonchev–Trinajstić information content (AvgIpc) is 2.58. The highest BCUT2D eigenvalue weighted by molar-refractivity contribution is 7.90. The fraction of sp³-hybridized carbons (Fsp3) is 0.375. The molecule has 1 aromatic carbocycles. The highest BCUT2D eigenvalue weighted by Gasteiger charge is 2.30. The topological polar surface area (TPSA) is 94.5 Å². The second kappa shape index (κ2) is 6.37. The van der Waals surface area contributed by atoms with Crippen LogP contribution in [0.3, 0.4) is 0 Å². The monoisotopic (exact) mass is 350 g/mol. The van der Waals surface area contributed by atoms with Crippen LogP contribution in [0.15, 0.2) is 35.3 Å². The van der Waals surface area contributed by atoms with Gasteiger partial charge < -0.3 is 9.30 Å². The van der Waals surface area contributed by atoms with Crippen LogP contribution in [-0.4, -0.2) is 37.4 Å². The number of aromatic nitrogens is 1. The second-order valence-corrected chi connectivity index (χ2v) is 7.78. The molecule has 8 heteroatoms. The summed E-state index contributed by atoms with van der Waals surface area (Å²) in [6, 6.07) is 6.63. The number of carbonyl (C=O) groups excluding carboxylic acids is 1. The summed E-state index contributed by atoms with van der Waals surface area (Å²) < 4.78 is 33.3. The Balaban J connectivity index is 1.97. The number of nitrogens with zero attached hydrogens (tertiary/aromatic N) is 1. The number of aryl methyl sites for hydroxylation is 1. The Morgan fingerprint density at radius 2 is 2.00 bits per heavy atom. The SMILES string of the molecule is Cn1cc(C(=O)NS(=O)(=O)C2CCCOC2)c2ccccc2c1=O. The lowest BCUT2D eigenvalue weighted by Gasteiger charge is -2.22. The first-order chi connectivity index (χ1) is 11.4. The van der Waals surface area contributed by atoms with E-state index in [-0.39, 0.29) is 17.7 Å². The lowest BCUT2D eigenvalue weighted by Crippen LogP contribution is -2.42. The number of hydrogen-bond donors (Lipinski definition) is 1. The Hall–Kier alpha value is -2.19. The maximum atomic E-state index is 12.5. The largest absolute Gasteiger partial charge is 0.380 e. The number of hydrogen-bond acceptors (Lipinski definition) is 5. The molecular formula is C16H18N2O5S. The van der Waals surface area contributed by atoms with Gasteiger partial charge in [0.25, 0.3) is 11.5 Å². The lowest BCUT2D eigenvalue weighted by atomic mass is 10.1. The zero-order valence-corrected chi connectivity index (χ0v) is 14.0. The molecule has 0 saturated carbocycles. The molecule has 1 unspecified atom stereocenters. The zero-order valence-electron chi connectivity index (χ0n) is 13.2. The minimum absolute atomic E-state index is 0.0800. The van der Waals surface area contributed by atoms with Crippen LogP contribution >= 0.6 is 0 Å². The number of carbonyl (C=O) groups is 1. The van der Waals surface area contributed by atoms with Crippen molar-refractivity contribution in [1.29, 1.82) is 0 Å². The number of rotatable bonds is 3. The first-order valence-corrected chi connectivity index (χ1v) is 9.17. The Kier molecular flexibility index (Phi) is 4.42. The summed E-state index contributed by atoms with van der Waals surface area (Å²) in [7, 11) is -2.31. The second-order valence-electron chi connectivity index (χ2n) is 5.82. The number of pyridine rings is 1. The molecule has 2 heterocycles. The smallest absolute Gasteiger partial charge is 0.266 e. The van der Waals surface area contributed by atoms with E-state index in [0.29, 0.717) is 30.2 Å². The van der Waals surface area contributed by atoms with Gasteiger partial charge in [0.2, 0.25) is 10.0 Å². The molecular weight excluding hydrogens is 332 g/mol. The van der Waals surface area contributed by atoms with Crippen molar-refractivity contribution < 1.29 is 17.9 Å². The molecule has 128 valence electrons. The van der Waals surface area contributed by atoms with Crippen LogP contribution in [0, 0.1) is 0 Å². The van der Waals surface area contributed by atoms with Crippen LogP contribution in [0.1, 0.15) is 23.2 Å². The molecule has 7 nitrogen and oxygen atoms in total. The first-order valence-electron chi connectivity index (χ1n) is 7.62. The number of nitrogens with one attached hydrogen (secondary N) is 1. The molecule has 1 aromatic heterocycles. The third kappa shape index (κ3) is 3.07. The summed E-state index contributed by atoms with van der Waals surface area (Å²) in [4.78, 5) is 24.7. The van der Waals surface area contributed by atoms with E-state index in [1.807, 2.05) is 0 Å². The molecule has 1 N–H and O–H groups in total. The van der Waals surface area contributed by atoms with Gasteiger partial charge in [-0.15, -0.1) is 0 Å². The van der Waals surface area contributed by atoms with E-state index in [0.717, 1.165) is 0 Å². The third-order valence-electron chi connectivity index (χ3n) is 4.13. The number of fused-ring (bicyclic) bond motifs is 1. The molecule has 24 heavy (non-hydrogen) atoms. The molecule has 3 rings (SSSR count). The normalized spacial score (nSPS) is 18.5. The van der Waals surface area contributed by atoms with Crippen molar-refractivity contribution in [2.24, 2.45) is 7.05 Å². The van der Waals surface area contributed by atoms with E-state index >= 15 is 0 Å². The minimum Gasteiger partial charge on any atom is -0.380 e. The van der Waals surface area contributed by atoms with Crippen LogP contribution in [0.2, 0.25) is 0 Å². The molecule has 0 radical (unpaired) electrons. The summed E-state index contributed by atoms with van der Waals surface area (Å²) in [5.74, 6) is -0.743. The van der Waals surface area contributed by atoms with Gasteiger partial charge in [-0.25, -0.2) is 13.1 Å². The standard InChI is InChI=1S/C16H18N2O5S/c1-18-9-14(12-6-2-3-7-13(12)16(18)20)15(19)17-24(21,22)11-5-4-8-23-10-11/h2-3,6-7,9,11H,4-5,8,10H2,1H3,(H,17,19). The number of sulfonamides is 1. The molecule has 1 saturated heterocycles. The van der Waals surface area contributed by atoms with Gasteiger partial charge in [0, 0.05) is 30.6 Å². The molecule has 1 atom stereocenters. The van der Waals surface area contributed by atoms with Crippen molar-refractivity contribution in [2.75, 3.05) is 13.2 Å². The highest BCUT2D eigenvalue weighted by Crippen LogP contribution is 2.17. The van der Waals surface area contributed by atoms with Crippen LogP contribution in [0.4, 0.5) is 0 Å². The maximum Gasteiger partial charge on any atom is 0.266 e. The van der Waals surface area contributed by atoms with Crippen LogP contribution in [0.25, 0.3) is 10.8 Å². The van der Waals surface area contributed by atoms with E-state index in [9.17, 15) is 18.0 Å². The van der Waals surface area contributed by atoms with E-state index in [1.54, 1.807) is 24.3 Å².